The second-order valence-corrected chi connectivity index (χ2v) is 8.89. The molecule has 1 heterocycles. The highest BCUT2D eigenvalue weighted by Crippen LogP contribution is 2.30. The first-order chi connectivity index (χ1) is 16.3. The topological polar surface area (TPSA) is 64.4 Å². The Balaban J connectivity index is 1.84. The van der Waals surface area contributed by atoms with Gasteiger partial charge in [-0.1, -0.05) is 50.2 Å². The summed E-state index contributed by atoms with van der Waals surface area (Å²) < 4.78 is 7.10. The molecule has 0 unspecified atom stereocenters. The summed E-state index contributed by atoms with van der Waals surface area (Å²) in [5, 5.41) is 0.830. The van der Waals surface area contributed by atoms with E-state index < -0.39 is 0 Å². The molecule has 1 amide bonds. The summed E-state index contributed by atoms with van der Waals surface area (Å²) in [6, 6.07) is 21.2. The first-order valence-corrected chi connectivity index (χ1v) is 11.3. The van der Waals surface area contributed by atoms with Gasteiger partial charge in [0.25, 0.3) is 5.91 Å². The fourth-order valence-electron chi connectivity index (χ4n) is 4.03. The Bertz CT molecular complexity index is 1400. The van der Waals surface area contributed by atoms with Crippen LogP contribution < -0.4 is 10.4 Å². The molecule has 0 radical (unpaired) electrons. The van der Waals surface area contributed by atoms with Gasteiger partial charge in [0.1, 0.15) is 5.75 Å². The monoisotopic (exact) mass is 455 g/mol. The van der Waals surface area contributed by atoms with Crippen molar-refractivity contribution >= 4 is 16.8 Å². The van der Waals surface area contributed by atoms with Gasteiger partial charge in [0.15, 0.2) is 0 Å². The molecule has 1 aromatic heterocycles. The van der Waals surface area contributed by atoms with Crippen molar-refractivity contribution in [2.45, 2.75) is 26.3 Å². The Labute approximate surface area is 199 Å². The summed E-state index contributed by atoms with van der Waals surface area (Å²) in [6.07, 6.45) is 0. The number of hydrogen-bond acceptors (Lipinski definition) is 4. The number of aromatic nitrogens is 2. The van der Waals surface area contributed by atoms with Crippen LogP contribution in [0.3, 0.4) is 0 Å². The fraction of sp³-hybridized carbons (Fsp3) is 0.250. The van der Waals surface area contributed by atoms with E-state index in [-0.39, 0.29) is 11.6 Å². The van der Waals surface area contributed by atoms with E-state index in [0.29, 0.717) is 29.5 Å². The molecule has 0 aliphatic heterocycles. The SMILES string of the molecule is COc1ccc2c(c1)c(-c1ccc(C(C)C)cc1)nc(=O)n2Cc1cccc(C(=O)N(C)C)c1. The van der Waals surface area contributed by atoms with Crippen molar-refractivity contribution in [3.63, 3.8) is 0 Å². The average Bonchev–Trinajstić information content (AvgIpc) is 2.84. The van der Waals surface area contributed by atoms with Crippen LogP contribution >= 0.6 is 0 Å². The van der Waals surface area contributed by atoms with Gasteiger partial charge in [-0.05, 0) is 47.4 Å². The number of rotatable bonds is 6. The minimum atomic E-state index is -0.343. The molecule has 0 fully saturated rings. The van der Waals surface area contributed by atoms with Gasteiger partial charge in [-0.15, -0.1) is 0 Å². The van der Waals surface area contributed by atoms with Crippen LogP contribution in [0.2, 0.25) is 0 Å². The van der Waals surface area contributed by atoms with E-state index in [1.807, 2.05) is 48.5 Å². The van der Waals surface area contributed by atoms with E-state index in [0.717, 1.165) is 22.0 Å². The standard InChI is InChI=1S/C28H29N3O3/c1-18(2)20-9-11-21(12-10-20)26-24-16-23(34-5)13-14-25(24)31(28(33)29-26)17-19-7-6-8-22(15-19)27(32)30(3)4/h6-16,18H,17H2,1-5H3. The lowest BCUT2D eigenvalue weighted by atomic mass is 9.99. The second-order valence-electron chi connectivity index (χ2n) is 8.89. The normalized spacial score (nSPS) is 11.1. The van der Waals surface area contributed by atoms with Crippen molar-refractivity contribution in [1.29, 1.82) is 0 Å². The van der Waals surface area contributed by atoms with Crippen molar-refractivity contribution in [2.24, 2.45) is 0 Å². The summed E-state index contributed by atoms with van der Waals surface area (Å²) in [4.78, 5) is 31.6. The van der Waals surface area contributed by atoms with Crippen LogP contribution in [0.4, 0.5) is 0 Å². The van der Waals surface area contributed by atoms with Crippen LogP contribution in [0.1, 0.15) is 41.3 Å². The highest BCUT2D eigenvalue weighted by Gasteiger charge is 2.15. The molecule has 174 valence electrons. The van der Waals surface area contributed by atoms with Gasteiger partial charge in [-0.3, -0.25) is 9.36 Å². The molecule has 0 aliphatic carbocycles. The third-order valence-electron chi connectivity index (χ3n) is 5.96. The molecular formula is C28H29N3O3. The second kappa shape index (κ2) is 9.51. The summed E-state index contributed by atoms with van der Waals surface area (Å²) >= 11 is 0. The lowest BCUT2D eigenvalue weighted by molar-refractivity contribution is 0.0827. The molecule has 3 aromatic carbocycles. The van der Waals surface area contributed by atoms with E-state index in [1.54, 1.807) is 31.8 Å². The quantitative estimate of drug-likeness (QED) is 0.413. The molecule has 4 rings (SSSR count). The average molecular weight is 456 g/mol. The highest BCUT2D eigenvalue weighted by molar-refractivity contribution is 5.94. The number of hydrogen-bond donors (Lipinski definition) is 0. The van der Waals surface area contributed by atoms with Crippen molar-refractivity contribution in [3.8, 4) is 17.0 Å². The van der Waals surface area contributed by atoms with Gasteiger partial charge >= 0.3 is 5.69 Å². The van der Waals surface area contributed by atoms with Crippen LogP contribution in [0, 0.1) is 0 Å². The maximum atomic E-state index is 13.2. The lowest BCUT2D eigenvalue weighted by Crippen LogP contribution is -2.25. The molecular weight excluding hydrogens is 426 g/mol. The van der Waals surface area contributed by atoms with Gasteiger partial charge in [0, 0.05) is 30.6 Å². The molecule has 34 heavy (non-hydrogen) atoms. The van der Waals surface area contributed by atoms with Crippen LogP contribution in [-0.4, -0.2) is 41.6 Å². The molecule has 4 aromatic rings. The number of fused-ring (bicyclic) bond motifs is 1. The number of carbonyl (C=O) groups excluding carboxylic acids is 1. The van der Waals surface area contributed by atoms with Crippen LogP contribution in [0.25, 0.3) is 22.2 Å². The van der Waals surface area contributed by atoms with Crippen molar-refractivity contribution in [3.05, 3.63) is 93.9 Å². The largest absolute Gasteiger partial charge is 0.497 e. The molecule has 6 nitrogen and oxygen atoms in total. The van der Waals surface area contributed by atoms with E-state index >= 15 is 0 Å². The molecule has 0 saturated heterocycles. The molecule has 0 aliphatic rings. The maximum Gasteiger partial charge on any atom is 0.348 e. The zero-order valence-electron chi connectivity index (χ0n) is 20.2. The molecule has 0 saturated carbocycles. The van der Waals surface area contributed by atoms with Gasteiger partial charge in [0.2, 0.25) is 0 Å². The van der Waals surface area contributed by atoms with Crippen molar-refractivity contribution in [2.75, 3.05) is 21.2 Å². The van der Waals surface area contributed by atoms with Gasteiger partial charge in [-0.2, -0.15) is 4.98 Å². The molecule has 6 heteroatoms. The van der Waals surface area contributed by atoms with Gasteiger partial charge < -0.3 is 9.64 Å². The van der Waals surface area contributed by atoms with Crippen LogP contribution in [0.5, 0.6) is 5.75 Å². The minimum absolute atomic E-state index is 0.0814. The Morgan fingerprint density at radius 3 is 2.41 bits per heavy atom. The summed E-state index contributed by atoms with van der Waals surface area (Å²) in [5.74, 6) is 1.03. The number of benzene rings is 3. The zero-order chi connectivity index (χ0) is 24.4. The Kier molecular flexibility index (Phi) is 6.50. The fourth-order valence-corrected chi connectivity index (χ4v) is 4.03. The highest BCUT2D eigenvalue weighted by atomic mass is 16.5. The predicted octanol–water partition coefficient (Wildman–Crippen LogP) is 4.95. The zero-order valence-corrected chi connectivity index (χ0v) is 20.2. The Hall–Kier alpha value is -3.93. The molecule has 0 bridgehead atoms. The molecule has 0 N–H and O–H groups in total. The van der Waals surface area contributed by atoms with Gasteiger partial charge in [0.05, 0.1) is 24.9 Å². The predicted molar refractivity (Wildman–Crippen MR) is 136 cm³/mol. The van der Waals surface area contributed by atoms with Gasteiger partial charge in [-0.25, -0.2) is 4.79 Å². The van der Waals surface area contributed by atoms with E-state index in [4.69, 9.17) is 4.74 Å². The third-order valence-corrected chi connectivity index (χ3v) is 5.96. The summed E-state index contributed by atoms with van der Waals surface area (Å²) in [7, 11) is 5.06. The van der Waals surface area contributed by atoms with E-state index in [1.165, 1.54) is 10.5 Å². The smallest absolute Gasteiger partial charge is 0.348 e. The first-order valence-electron chi connectivity index (χ1n) is 11.3. The number of methoxy groups -OCH3 is 1. The first kappa shape index (κ1) is 23.2. The lowest BCUT2D eigenvalue weighted by Gasteiger charge is -2.15. The number of carbonyl (C=O) groups is 1. The molecule has 0 spiro atoms. The number of nitrogens with zero attached hydrogens (tertiary/aromatic N) is 3. The summed E-state index contributed by atoms with van der Waals surface area (Å²) in [6.45, 7) is 4.60. The van der Waals surface area contributed by atoms with Crippen molar-refractivity contribution < 1.29 is 9.53 Å². The number of amides is 1. The number of ether oxygens (including phenoxy) is 1. The van der Waals surface area contributed by atoms with Crippen LogP contribution in [0.15, 0.2) is 71.5 Å². The van der Waals surface area contributed by atoms with Crippen molar-refractivity contribution in [1.82, 2.24) is 14.5 Å². The van der Waals surface area contributed by atoms with Crippen LogP contribution in [-0.2, 0) is 6.54 Å². The van der Waals surface area contributed by atoms with E-state index in [9.17, 15) is 9.59 Å². The minimum Gasteiger partial charge on any atom is -0.497 e. The Morgan fingerprint density at radius 2 is 1.76 bits per heavy atom. The molecule has 0 atom stereocenters. The maximum absolute atomic E-state index is 13.2. The summed E-state index contributed by atoms with van der Waals surface area (Å²) in [5.41, 5.74) is 4.58. The Morgan fingerprint density at radius 1 is 1.03 bits per heavy atom. The van der Waals surface area contributed by atoms with E-state index in [2.05, 4.69) is 31.0 Å². The third kappa shape index (κ3) is 4.57.